The zero-order valence-electron chi connectivity index (χ0n) is 14.4. The van der Waals surface area contributed by atoms with Crippen molar-refractivity contribution in [1.29, 1.82) is 0 Å². The molecule has 27 heavy (non-hydrogen) atoms. The van der Waals surface area contributed by atoms with Gasteiger partial charge in [0, 0.05) is 19.2 Å². The van der Waals surface area contributed by atoms with Crippen molar-refractivity contribution in [2.45, 2.75) is 19.1 Å². The van der Waals surface area contributed by atoms with Crippen LogP contribution in [-0.4, -0.2) is 22.5 Å². The number of amides is 1. The fourth-order valence-electron chi connectivity index (χ4n) is 2.98. The van der Waals surface area contributed by atoms with Gasteiger partial charge in [-0.2, -0.15) is 13.2 Å². The summed E-state index contributed by atoms with van der Waals surface area (Å²) in [5.41, 5.74) is 1.57. The smallest absolute Gasteiger partial charge is 0.419 e. The number of hydrogen-bond acceptors (Lipinski definition) is 2. The van der Waals surface area contributed by atoms with Crippen molar-refractivity contribution in [3.8, 4) is 5.75 Å². The van der Waals surface area contributed by atoms with E-state index in [0.29, 0.717) is 13.1 Å². The van der Waals surface area contributed by atoms with Crippen molar-refractivity contribution < 1.29 is 23.1 Å². The Kier molecular flexibility index (Phi) is 5.35. The number of carbonyl (C=O) groups is 1. The zero-order chi connectivity index (χ0) is 19.4. The maximum absolute atomic E-state index is 12.8. The molecule has 0 atom stereocenters. The normalized spacial score (nSPS) is 14.7. The summed E-state index contributed by atoms with van der Waals surface area (Å²) in [5.74, 6) is -0.952. The van der Waals surface area contributed by atoms with Gasteiger partial charge in [-0.25, -0.2) is 0 Å². The summed E-state index contributed by atoms with van der Waals surface area (Å²) < 4.78 is 38.4. The Morgan fingerprint density at radius 1 is 1.07 bits per heavy atom. The van der Waals surface area contributed by atoms with E-state index >= 15 is 0 Å². The van der Waals surface area contributed by atoms with Crippen LogP contribution in [0.2, 0.25) is 0 Å². The monoisotopic (exact) mass is 373 g/mol. The average Bonchev–Trinajstić information content (AvgIpc) is 2.65. The molecule has 0 aliphatic carbocycles. The van der Waals surface area contributed by atoms with Crippen molar-refractivity contribution in [3.05, 3.63) is 82.9 Å². The second-order valence-corrected chi connectivity index (χ2v) is 6.27. The number of alkyl halides is 3. The molecule has 0 radical (unpaired) electrons. The number of carbonyl (C=O) groups excluding carboxylic acids is 1. The number of benzene rings is 2. The molecule has 0 fully saturated rings. The third-order valence-corrected chi connectivity index (χ3v) is 4.41. The van der Waals surface area contributed by atoms with Gasteiger partial charge in [0.15, 0.2) is 0 Å². The summed E-state index contributed by atoms with van der Waals surface area (Å²) in [5, 5.41) is 9.32. The number of allylic oxidation sites excluding steroid dienone is 2. The number of phenolic OH excluding ortho intramolecular Hbond substituents is 1. The Balaban J connectivity index is 1.63. The molecule has 2 aromatic rings. The first kappa shape index (κ1) is 18.8. The first-order chi connectivity index (χ1) is 12.8. The number of rotatable bonds is 3. The topological polar surface area (TPSA) is 40.5 Å². The van der Waals surface area contributed by atoms with Gasteiger partial charge in [-0.3, -0.25) is 4.79 Å². The molecule has 140 valence electrons. The quantitative estimate of drug-likeness (QED) is 0.633. The lowest BCUT2D eigenvalue weighted by molar-refractivity contribution is -0.138. The molecule has 0 bridgehead atoms. The minimum atomic E-state index is -4.62. The van der Waals surface area contributed by atoms with E-state index in [1.807, 2.05) is 18.2 Å². The summed E-state index contributed by atoms with van der Waals surface area (Å²) in [7, 11) is 0. The van der Waals surface area contributed by atoms with E-state index in [1.54, 1.807) is 4.90 Å². The maximum Gasteiger partial charge on any atom is 0.419 e. The summed E-state index contributed by atoms with van der Waals surface area (Å²) in [6.45, 7) is 1.19. The van der Waals surface area contributed by atoms with E-state index in [2.05, 4.69) is 6.07 Å². The maximum atomic E-state index is 12.8. The molecule has 3 rings (SSSR count). The highest BCUT2D eigenvalue weighted by Gasteiger charge is 2.33. The van der Waals surface area contributed by atoms with Crippen LogP contribution in [0.5, 0.6) is 5.75 Å². The number of aromatic hydroxyl groups is 1. The van der Waals surface area contributed by atoms with Gasteiger partial charge in [-0.15, -0.1) is 0 Å². The zero-order valence-corrected chi connectivity index (χ0v) is 14.4. The minimum Gasteiger partial charge on any atom is -0.507 e. The third kappa shape index (κ3) is 4.58. The number of nitrogens with zero attached hydrogens (tertiary/aromatic N) is 1. The minimum absolute atomic E-state index is 0.143. The van der Waals surface area contributed by atoms with E-state index < -0.39 is 17.5 Å². The number of phenols is 1. The van der Waals surface area contributed by atoms with Crippen LogP contribution in [0, 0.1) is 0 Å². The van der Waals surface area contributed by atoms with E-state index in [-0.39, 0.29) is 11.5 Å². The van der Waals surface area contributed by atoms with Crippen molar-refractivity contribution in [3.63, 3.8) is 0 Å². The highest BCUT2D eigenvalue weighted by atomic mass is 19.4. The predicted octanol–water partition coefficient (Wildman–Crippen LogP) is 4.57. The molecule has 0 spiro atoms. The van der Waals surface area contributed by atoms with E-state index in [0.717, 1.165) is 24.1 Å². The molecule has 0 unspecified atom stereocenters. The number of halogens is 3. The number of fused-ring (bicyclic) bond motifs is 1. The molecule has 1 heterocycles. The van der Waals surface area contributed by atoms with Crippen LogP contribution in [0.1, 0.15) is 22.3 Å². The molecular weight excluding hydrogens is 355 g/mol. The first-order valence-electron chi connectivity index (χ1n) is 8.45. The highest BCUT2D eigenvalue weighted by Crippen LogP contribution is 2.36. The average molecular weight is 373 g/mol. The van der Waals surface area contributed by atoms with Crippen LogP contribution in [0.4, 0.5) is 13.2 Å². The van der Waals surface area contributed by atoms with E-state index in [1.165, 1.54) is 35.9 Å². The second-order valence-electron chi connectivity index (χ2n) is 6.27. The van der Waals surface area contributed by atoms with Crippen molar-refractivity contribution in [2.24, 2.45) is 0 Å². The molecule has 2 aromatic carbocycles. The van der Waals surface area contributed by atoms with Gasteiger partial charge in [-0.05, 0) is 35.2 Å². The van der Waals surface area contributed by atoms with E-state index in [9.17, 15) is 23.1 Å². The second kappa shape index (κ2) is 7.70. The van der Waals surface area contributed by atoms with Crippen LogP contribution in [-0.2, 0) is 23.9 Å². The van der Waals surface area contributed by atoms with Crippen LogP contribution in [0.25, 0.3) is 6.08 Å². The van der Waals surface area contributed by atoms with Gasteiger partial charge in [0.05, 0.1) is 5.56 Å². The molecule has 1 aliphatic heterocycles. The summed E-state index contributed by atoms with van der Waals surface area (Å²) in [4.78, 5) is 14.0. The SMILES string of the molecule is O=C(/C=C/C=C/c1ccc(O)c(C(F)(F)F)c1)N1CCc2ccccc2C1. The molecule has 3 nitrogen and oxygen atoms in total. The van der Waals surface area contributed by atoms with Crippen LogP contribution in [0.15, 0.2) is 60.7 Å². The Morgan fingerprint density at radius 2 is 1.81 bits per heavy atom. The molecule has 1 N–H and O–H groups in total. The first-order valence-corrected chi connectivity index (χ1v) is 8.45. The van der Waals surface area contributed by atoms with Gasteiger partial charge < -0.3 is 10.0 Å². The third-order valence-electron chi connectivity index (χ3n) is 4.41. The molecule has 0 saturated carbocycles. The lowest BCUT2D eigenvalue weighted by atomic mass is 10.00. The summed E-state index contributed by atoms with van der Waals surface area (Å²) in [6.07, 6.45) is 2.04. The van der Waals surface area contributed by atoms with Gasteiger partial charge >= 0.3 is 6.18 Å². The van der Waals surface area contributed by atoms with Crippen LogP contribution < -0.4 is 0 Å². The van der Waals surface area contributed by atoms with E-state index in [4.69, 9.17) is 0 Å². The Hall–Kier alpha value is -3.02. The number of hydrogen-bond donors (Lipinski definition) is 1. The molecule has 1 aliphatic rings. The largest absolute Gasteiger partial charge is 0.507 e. The van der Waals surface area contributed by atoms with Crippen molar-refractivity contribution in [2.75, 3.05) is 6.54 Å². The van der Waals surface area contributed by atoms with Gasteiger partial charge in [0.25, 0.3) is 0 Å². The summed E-state index contributed by atoms with van der Waals surface area (Å²) >= 11 is 0. The van der Waals surface area contributed by atoms with Crippen molar-refractivity contribution in [1.82, 2.24) is 4.90 Å². The standard InChI is InChI=1S/C21H18F3NO2/c22-21(23,24)18-13-15(9-10-19(18)26)5-1-4-8-20(27)25-12-11-16-6-2-3-7-17(16)14-25/h1-10,13,26H,11-12,14H2/b5-1+,8-4+. The van der Waals surface area contributed by atoms with Gasteiger partial charge in [0.1, 0.15) is 5.75 Å². The van der Waals surface area contributed by atoms with Gasteiger partial charge in [0.2, 0.25) is 5.91 Å². The van der Waals surface area contributed by atoms with Crippen molar-refractivity contribution >= 4 is 12.0 Å². The predicted molar refractivity (Wildman–Crippen MR) is 96.8 cm³/mol. The fourth-order valence-corrected chi connectivity index (χ4v) is 2.98. The molecule has 0 aromatic heterocycles. The molecule has 0 saturated heterocycles. The summed E-state index contributed by atoms with van der Waals surface area (Å²) in [6, 6.07) is 11.2. The Bertz CT molecular complexity index is 901. The Morgan fingerprint density at radius 3 is 2.56 bits per heavy atom. The molecule has 1 amide bonds. The highest BCUT2D eigenvalue weighted by molar-refractivity contribution is 5.88. The molecular formula is C21H18F3NO2. The van der Waals surface area contributed by atoms with Crippen LogP contribution in [0.3, 0.4) is 0 Å². The lowest BCUT2D eigenvalue weighted by Gasteiger charge is -2.27. The lowest BCUT2D eigenvalue weighted by Crippen LogP contribution is -2.34. The van der Waals surface area contributed by atoms with Crippen LogP contribution >= 0.6 is 0 Å². The van der Waals surface area contributed by atoms with Gasteiger partial charge in [-0.1, -0.05) is 48.6 Å². The molecule has 6 heteroatoms. The fraction of sp³-hybridized carbons (Fsp3) is 0.190. The Labute approximate surface area is 155 Å².